The maximum atomic E-state index is 12.9. The molecule has 0 saturated heterocycles. The molecular formula is C23H18N2OS. The van der Waals surface area contributed by atoms with Crippen LogP contribution in [0.5, 0.6) is 0 Å². The van der Waals surface area contributed by atoms with Gasteiger partial charge in [-0.15, -0.1) is 11.3 Å². The zero-order valence-corrected chi connectivity index (χ0v) is 15.6. The lowest BCUT2D eigenvalue weighted by Crippen LogP contribution is -2.15. The van der Waals surface area contributed by atoms with Crippen molar-refractivity contribution in [2.24, 2.45) is 0 Å². The average molecular weight is 370 g/mol. The van der Waals surface area contributed by atoms with Gasteiger partial charge in [-0.1, -0.05) is 54.6 Å². The van der Waals surface area contributed by atoms with E-state index in [1.165, 1.54) is 21.6 Å². The fraction of sp³-hybridized carbons (Fsp3) is 0.217. The molecule has 132 valence electrons. The highest BCUT2D eigenvalue weighted by Gasteiger charge is 2.29. The molecule has 27 heavy (non-hydrogen) atoms. The molecule has 3 heterocycles. The van der Waals surface area contributed by atoms with E-state index in [9.17, 15) is 4.79 Å². The molecule has 1 unspecified atom stereocenters. The summed E-state index contributed by atoms with van der Waals surface area (Å²) in [6.45, 7) is 0.816. The molecule has 0 radical (unpaired) electrons. The zero-order valence-electron chi connectivity index (χ0n) is 14.8. The molecule has 4 heteroatoms. The van der Waals surface area contributed by atoms with Crippen LogP contribution in [0.25, 0.3) is 21.6 Å². The van der Waals surface area contributed by atoms with Crippen molar-refractivity contribution in [3.8, 4) is 11.4 Å². The van der Waals surface area contributed by atoms with Gasteiger partial charge in [0.1, 0.15) is 10.7 Å². The summed E-state index contributed by atoms with van der Waals surface area (Å²) in [5.41, 5.74) is 4.97. The Bertz CT molecular complexity index is 1250. The van der Waals surface area contributed by atoms with Gasteiger partial charge < -0.3 is 4.57 Å². The van der Waals surface area contributed by atoms with Crippen LogP contribution in [0.1, 0.15) is 33.9 Å². The minimum Gasteiger partial charge on any atom is -0.312 e. The average Bonchev–Trinajstić information content (AvgIpc) is 3.27. The summed E-state index contributed by atoms with van der Waals surface area (Å²) in [4.78, 5) is 19.9. The summed E-state index contributed by atoms with van der Waals surface area (Å²) in [5, 5.41) is 0.873. The molecule has 6 rings (SSSR count). The highest BCUT2D eigenvalue weighted by molar-refractivity contribution is 7.19. The number of benzene rings is 2. The number of rotatable bonds is 1. The highest BCUT2D eigenvalue weighted by atomic mass is 32.1. The topological polar surface area (TPSA) is 34.9 Å². The van der Waals surface area contributed by atoms with E-state index >= 15 is 0 Å². The van der Waals surface area contributed by atoms with Gasteiger partial charge in [0.25, 0.3) is 5.56 Å². The van der Waals surface area contributed by atoms with Crippen molar-refractivity contribution in [1.82, 2.24) is 9.55 Å². The number of thiophene rings is 1. The Morgan fingerprint density at radius 3 is 2.74 bits per heavy atom. The molecule has 2 aromatic heterocycles. The van der Waals surface area contributed by atoms with Gasteiger partial charge in [0.15, 0.2) is 0 Å². The Kier molecular flexibility index (Phi) is 3.20. The third-order valence-electron chi connectivity index (χ3n) is 6.03. The van der Waals surface area contributed by atoms with Crippen LogP contribution >= 0.6 is 11.3 Å². The summed E-state index contributed by atoms with van der Waals surface area (Å²) in [7, 11) is 0. The van der Waals surface area contributed by atoms with E-state index in [2.05, 4.69) is 58.1 Å². The quantitative estimate of drug-likeness (QED) is 0.426. The number of fused-ring (bicyclic) bond motifs is 7. The van der Waals surface area contributed by atoms with Gasteiger partial charge in [-0.3, -0.25) is 4.79 Å². The Morgan fingerprint density at radius 2 is 1.85 bits per heavy atom. The third-order valence-corrected chi connectivity index (χ3v) is 7.30. The number of aryl methyl sites for hydroxylation is 1. The second kappa shape index (κ2) is 5.64. The number of hydrogen-bond donors (Lipinski definition) is 0. The van der Waals surface area contributed by atoms with E-state index in [-0.39, 0.29) is 5.56 Å². The molecule has 1 aliphatic carbocycles. The SMILES string of the molecule is O=c1nc2n(c3sc4c(c13)CCC(c1ccccc1)C4)Cc1ccccc1-2. The van der Waals surface area contributed by atoms with Gasteiger partial charge in [0.05, 0.1) is 11.9 Å². The normalized spacial score (nSPS) is 17.6. The maximum Gasteiger partial charge on any atom is 0.282 e. The summed E-state index contributed by atoms with van der Waals surface area (Å²) in [6, 6.07) is 19.1. The molecule has 3 nitrogen and oxygen atoms in total. The molecule has 0 saturated carbocycles. The Hall–Kier alpha value is -2.72. The van der Waals surface area contributed by atoms with E-state index in [0.717, 1.165) is 47.4 Å². The van der Waals surface area contributed by atoms with Crippen molar-refractivity contribution in [3.05, 3.63) is 86.5 Å². The second-order valence-corrected chi connectivity index (χ2v) is 8.60. The van der Waals surface area contributed by atoms with Crippen molar-refractivity contribution in [2.75, 3.05) is 0 Å². The van der Waals surface area contributed by atoms with Crippen LogP contribution in [0, 0.1) is 0 Å². The molecule has 0 amide bonds. The number of aromatic nitrogens is 2. The largest absolute Gasteiger partial charge is 0.312 e. The van der Waals surface area contributed by atoms with Crippen LogP contribution in [-0.2, 0) is 19.4 Å². The van der Waals surface area contributed by atoms with Gasteiger partial charge in [-0.25, -0.2) is 0 Å². The molecular weight excluding hydrogens is 352 g/mol. The van der Waals surface area contributed by atoms with Crippen molar-refractivity contribution in [1.29, 1.82) is 0 Å². The molecule has 2 aromatic carbocycles. The molecule has 4 aromatic rings. The van der Waals surface area contributed by atoms with Gasteiger partial charge in [-0.2, -0.15) is 4.98 Å². The van der Waals surface area contributed by atoms with Crippen molar-refractivity contribution in [2.45, 2.75) is 31.7 Å². The molecule has 0 fully saturated rings. The Morgan fingerprint density at radius 1 is 1.04 bits per heavy atom. The predicted octanol–water partition coefficient (Wildman–Crippen LogP) is 4.76. The third kappa shape index (κ3) is 2.20. The van der Waals surface area contributed by atoms with E-state index in [4.69, 9.17) is 0 Å². The molecule has 2 aliphatic rings. The lowest BCUT2D eigenvalue weighted by molar-refractivity contribution is 0.595. The monoisotopic (exact) mass is 370 g/mol. The Balaban J connectivity index is 1.52. The minimum atomic E-state index is -0.0522. The first-order valence-electron chi connectivity index (χ1n) is 9.48. The standard InChI is InChI=1S/C23H18N2OS/c26-22-20-18-11-10-15(14-6-2-1-3-7-14)12-19(18)27-23(20)25-13-16-8-4-5-9-17(16)21(25)24-22/h1-9,15H,10-13H2. The smallest absolute Gasteiger partial charge is 0.282 e. The van der Waals surface area contributed by atoms with Crippen LogP contribution in [0.4, 0.5) is 0 Å². The predicted molar refractivity (Wildman–Crippen MR) is 110 cm³/mol. The molecule has 1 atom stereocenters. The molecule has 0 spiro atoms. The highest BCUT2D eigenvalue weighted by Crippen LogP contribution is 2.42. The fourth-order valence-electron chi connectivity index (χ4n) is 4.70. The van der Waals surface area contributed by atoms with Crippen LogP contribution in [0.15, 0.2) is 59.4 Å². The fourth-order valence-corrected chi connectivity index (χ4v) is 6.12. The first-order chi connectivity index (χ1) is 13.3. The number of hydrogen-bond acceptors (Lipinski definition) is 3. The molecule has 0 bridgehead atoms. The first kappa shape index (κ1) is 15.3. The van der Waals surface area contributed by atoms with Crippen LogP contribution in [0.2, 0.25) is 0 Å². The first-order valence-corrected chi connectivity index (χ1v) is 10.3. The van der Waals surface area contributed by atoms with Crippen molar-refractivity contribution in [3.63, 3.8) is 0 Å². The Labute approximate surface area is 160 Å². The summed E-state index contributed by atoms with van der Waals surface area (Å²) in [5.74, 6) is 1.38. The number of nitrogens with zero attached hydrogens (tertiary/aromatic N) is 2. The maximum absolute atomic E-state index is 12.9. The van der Waals surface area contributed by atoms with E-state index in [1.54, 1.807) is 0 Å². The van der Waals surface area contributed by atoms with Gasteiger partial charge in [0, 0.05) is 10.4 Å². The summed E-state index contributed by atoms with van der Waals surface area (Å²) >= 11 is 1.81. The van der Waals surface area contributed by atoms with E-state index in [1.807, 2.05) is 17.4 Å². The van der Waals surface area contributed by atoms with Gasteiger partial charge in [-0.05, 0) is 41.9 Å². The lowest BCUT2D eigenvalue weighted by Gasteiger charge is -2.22. The van der Waals surface area contributed by atoms with Crippen LogP contribution < -0.4 is 5.56 Å². The summed E-state index contributed by atoms with van der Waals surface area (Å²) in [6.07, 6.45) is 3.10. The van der Waals surface area contributed by atoms with E-state index < -0.39 is 0 Å². The van der Waals surface area contributed by atoms with Crippen molar-refractivity contribution >= 4 is 21.6 Å². The zero-order chi connectivity index (χ0) is 18.0. The van der Waals surface area contributed by atoms with Gasteiger partial charge >= 0.3 is 0 Å². The van der Waals surface area contributed by atoms with Crippen LogP contribution in [0.3, 0.4) is 0 Å². The van der Waals surface area contributed by atoms with E-state index in [0.29, 0.717) is 5.92 Å². The summed E-state index contributed by atoms with van der Waals surface area (Å²) < 4.78 is 2.25. The van der Waals surface area contributed by atoms with Crippen LogP contribution in [-0.4, -0.2) is 9.55 Å². The molecule has 0 N–H and O–H groups in total. The minimum absolute atomic E-state index is 0.0522. The van der Waals surface area contributed by atoms with Crippen molar-refractivity contribution < 1.29 is 0 Å². The van der Waals surface area contributed by atoms with Gasteiger partial charge in [0.2, 0.25) is 0 Å². The molecule has 1 aliphatic heterocycles. The lowest BCUT2D eigenvalue weighted by atomic mass is 9.83. The second-order valence-electron chi connectivity index (χ2n) is 7.52.